The molecule has 1 aromatic carbocycles. The van der Waals surface area contributed by atoms with E-state index in [1.54, 1.807) is 6.33 Å². The third kappa shape index (κ3) is 2.10. The largest absolute Gasteiger partial charge is 0.372 e. The minimum absolute atomic E-state index is 0.798. The molecule has 0 spiro atoms. The Morgan fingerprint density at radius 1 is 1.15 bits per heavy atom. The molecule has 6 heteroatoms. The van der Waals surface area contributed by atoms with Gasteiger partial charge in [-0.25, -0.2) is 9.97 Å². The van der Waals surface area contributed by atoms with E-state index >= 15 is 0 Å². The summed E-state index contributed by atoms with van der Waals surface area (Å²) in [5.74, 6) is 1.69. The van der Waals surface area contributed by atoms with Gasteiger partial charge in [-0.1, -0.05) is 12.1 Å². The van der Waals surface area contributed by atoms with Gasteiger partial charge in [0.05, 0.1) is 11.4 Å². The van der Waals surface area contributed by atoms with E-state index in [2.05, 4.69) is 72.3 Å². The van der Waals surface area contributed by atoms with E-state index in [9.17, 15) is 0 Å². The van der Waals surface area contributed by atoms with Crippen LogP contribution >= 0.6 is 15.9 Å². The smallest absolute Gasteiger partial charge is 0.153 e. The first kappa shape index (κ1) is 13.2. The van der Waals surface area contributed by atoms with Gasteiger partial charge in [0.15, 0.2) is 5.82 Å². The number of fused-ring (bicyclic) bond motifs is 1. The van der Waals surface area contributed by atoms with Crippen LogP contribution in [0.2, 0.25) is 0 Å². The van der Waals surface area contributed by atoms with Gasteiger partial charge in [-0.15, -0.1) is 0 Å². The minimum Gasteiger partial charge on any atom is -0.372 e. The molecule has 1 N–H and O–H groups in total. The van der Waals surface area contributed by atoms with Crippen LogP contribution in [0.4, 0.5) is 23.0 Å². The molecule has 1 aliphatic rings. The highest BCUT2D eigenvalue weighted by molar-refractivity contribution is 9.10. The van der Waals surface area contributed by atoms with E-state index in [1.807, 2.05) is 7.05 Å². The van der Waals surface area contributed by atoms with Gasteiger partial charge >= 0.3 is 0 Å². The Kier molecular flexibility index (Phi) is 3.48. The van der Waals surface area contributed by atoms with Crippen LogP contribution in [0.5, 0.6) is 0 Å². The van der Waals surface area contributed by atoms with Crippen LogP contribution in [0.25, 0.3) is 0 Å². The Morgan fingerprint density at radius 3 is 2.65 bits per heavy atom. The average molecular weight is 334 g/mol. The van der Waals surface area contributed by atoms with Crippen molar-refractivity contribution in [3.05, 3.63) is 35.1 Å². The molecule has 0 unspecified atom stereocenters. The van der Waals surface area contributed by atoms with Crippen molar-refractivity contribution in [1.29, 1.82) is 0 Å². The SMILES string of the molecule is CNc1ncnc(N2CCN(C)c3ccccc32)c1Br. The lowest BCUT2D eigenvalue weighted by atomic mass is 10.1. The molecule has 0 radical (unpaired) electrons. The monoisotopic (exact) mass is 333 g/mol. The second-order valence-corrected chi connectivity index (χ2v) is 5.46. The quantitative estimate of drug-likeness (QED) is 0.915. The maximum Gasteiger partial charge on any atom is 0.153 e. The molecule has 104 valence electrons. The van der Waals surface area contributed by atoms with Crippen LogP contribution < -0.4 is 15.1 Å². The third-order valence-electron chi connectivity index (χ3n) is 3.51. The molecule has 2 heterocycles. The van der Waals surface area contributed by atoms with Crippen LogP contribution in [0.15, 0.2) is 35.1 Å². The van der Waals surface area contributed by atoms with Crippen LogP contribution in [-0.2, 0) is 0 Å². The van der Waals surface area contributed by atoms with Crippen molar-refractivity contribution in [2.75, 3.05) is 42.3 Å². The topological polar surface area (TPSA) is 44.3 Å². The summed E-state index contributed by atoms with van der Waals surface area (Å²) < 4.78 is 0.891. The van der Waals surface area contributed by atoms with E-state index in [-0.39, 0.29) is 0 Å². The zero-order valence-electron chi connectivity index (χ0n) is 11.5. The summed E-state index contributed by atoms with van der Waals surface area (Å²) in [7, 11) is 3.97. The predicted octanol–water partition coefficient (Wildman–Crippen LogP) is 2.87. The fourth-order valence-corrected chi connectivity index (χ4v) is 3.07. The predicted molar refractivity (Wildman–Crippen MR) is 86.0 cm³/mol. The van der Waals surface area contributed by atoms with E-state index in [4.69, 9.17) is 0 Å². The van der Waals surface area contributed by atoms with Crippen molar-refractivity contribution >= 4 is 38.9 Å². The lowest BCUT2D eigenvalue weighted by Gasteiger charge is -2.36. The maximum atomic E-state index is 4.44. The summed E-state index contributed by atoms with van der Waals surface area (Å²) >= 11 is 3.60. The highest BCUT2D eigenvalue weighted by Gasteiger charge is 2.24. The lowest BCUT2D eigenvalue weighted by molar-refractivity contribution is 0.810. The molecular weight excluding hydrogens is 318 g/mol. The molecule has 0 aliphatic carbocycles. The Hall–Kier alpha value is -1.82. The van der Waals surface area contributed by atoms with Gasteiger partial charge in [-0.3, -0.25) is 0 Å². The molecule has 1 aromatic heterocycles. The first-order chi connectivity index (χ1) is 9.72. The molecular formula is C14H16BrN5. The molecule has 1 aliphatic heterocycles. The van der Waals surface area contributed by atoms with Gasteiger partial charge in [0.25, 0.3) is 0 Å². The molecule has 2 aromatic rings. The third-order valence-corrected chi connectivity index (χ3v) is 4.24. The molecule has 0 fully saturated rings. The van der Waals surface area contributed by atoms with E-state index in [1.165, 1.54) is 11.4 Å². The summed E-state index contributed by atoms with van der Waals surface area (Å²) in [6, 6.07) is 8.38. The zero-order chi connectivity index (χ0) is 14.1. The Bertz CT molecular complexity index is 631. The average Bonchev–Trinajstić information content (AvgIpc) is 2.49. The number of likely N-dealkylation sites (N-methyl/N-ethyl adjacent to an activating group) is 1. The van der Waals surface area contributed by atoms with Gasteiger partial charge in [0.1, 0.15) is 16.6 Å². The van der Waals surface area contributed by atoms with Crippen molar-refractivity contribution in [3.63, 3.8) is 0 Å². The van der Waals surface area contributed by atoms with Gasteiger partial charge in [0.2, 0.25) is 0 Å². The van der Waals surface area contributed by atoms with Crippen molar-refractivity contribution in [2.24, 2.45) is 0 Å². The van der Waals surface area contributed by atoms with Crippen molar-refractivity contribution in [3.8, 4) is 0 Å². The number of rotatable bonds is 2. The van der Waals surface area contributed by atoms with Crippen molar-refractivity contribution in [2.45, 2.75) is 0 Å². The molecule has 0 bridgehead atoms. The number of nitrogens with zero attached hydrogens (tertiary/aromatic N) is 4. The van der Waals surface area contributed by atoms with Crippen LogP contribution in [-0.4, -0.2) is 37.2 Å². The van der Waals surface area contributed by atoms with Crippen LogP contribution in [0, 0.1) is 0 Å². The van der Waals surface area contributed by atoms with Crippen molar-refractivity contribution in [1.82, 2.24) is 9.97 Å². The van der Waals surface area contributed by atoms with Crippen molar-refractivity contribution < 1.29 is 0 Å². The number of benzene rings is 1. The second-order valence-electron chi connectivity index (χ2n) is 4.67. The molecule has 5 nitrogen and oxygen atoms in total. The first-order valence-corrected chi connectivity index (χ1v) is 7.27. The molecule has 0 atom stereocenters. The molecule has 0 saturated heterocycles. The standard InChI is InChI=1S/C14H16BrN5/c1-16-13-12(15)14(18-9-17-13)20-8-7-19(2)10-5-3-4-6-11(10)20/h3-6,9H,7-8H2,1-2H3,(H,16,17,18). The summed E-state index contributed by atoms with van der Waals surface area (Å²) in [6.07, 6.45) is 1.59. The second kappa shape index (κ2) is 5.28. The van der Waals surface area contributed by atoms with Gasteiger partial charge in [-0.05, 0) is 28.1 Å². The number of hydrogen-bond donors (Lipinski definition) is 1. The minimum atomic E-state index is 0.798. The number of hydrogen-bond acceptors (Lipinski definition) is 5. The van der Waals surface area contributed by atoms with Crippen LogP contribution in [0.1, 0.15) is 0 Å². The fraction of sp³-hybridized carbons (Fsp3) is 0.286. The number of para-hydroxylation sites is 2. The Balaban J connectivity index is 2.10. The highest BCUT2D eigenvalue weighted by atomic mass is 79.9. The van der Waals surface area contributed by atoms with E-state index in [0.29, 0.717) is 0 Å². The Labute approximate surface area is 126 Å². The lowest BCUT2D eigenvalue weighted by Crippen LogP contribution is -2.37. The fourth-order valence-electron chi connectivity index (χ4n) is 2.45. The van der Waals surface area contributed by atoms with Gasteiger partial charge in [0, 0.05) is 27.2 Å². The van der Waals surface area contributed by atoms with E-state index in [0.717, 1.165) is 29.2 Å². The number of halogens is 1. The molecule has 0 saturated carbocycles. The first-order valence-electron chi connectivity index (χ1n) is 6.48. The number of aromatic nitrogens is 2. The summed E-state index contributed by atoms with van der Waals surface area (Å²) in [4.78, 5) is 13.1. The molecule has 20 heavy (non-hydrogen) atoms. The van der Waals surface area contributed by atoms with Crippen LogP contribution in [0.3, 0.4) is 0 Å². The van der Waals surface area contributed by atoms with Gasteiger partial charge < -0.3 is 15.1 Å². The highest BCUT2D eigenvalue weighted by Crippen LogP contribution is 2.39. The Morgan fingerprint density at radius 2 is 1.90 bits per heavy atom. The normalized spacial score (nSPS) is 14.2. The van der Waals surface area contributed by atoms with Gasteiger partial charge in [-0.2, -0.15) is 0 Å². The molecule has 0 amide bonds. The number of nitrogens with one attached hydrogen (secondary N) is 1. The summed E-state index contributed by atoms with van der Waals surface area (Å²) in [5, 5.41) is 3.07. The summed E-state index contributed by atoms with van der Waals surface area (Å²) in [5.41, 5.74) is 2.39. The summed E-state index contributed by atoms with van der Waals surface area (Å²) in [6.45, 7) is 1.86. The number of anilines is 4. The van der Waals surface area contributed by atoms with E-state index < -0.39 is 0 Å². The maximum absolute atomic E-state index is 4.44. The zero-order valence-corrected chi connectivity index (χ0v) is 13.1. The molecule has 3 rings (SSSR count).